The van der Waals surface area contributed by atoms with Gasteiger partial charge in [0.25, 0.3) is 0 Å². The Morgan fingerprint density at radius 1 is 0.938 bits per heavy atom. The van der Waals surface area contributed by atoms with Crippen molar-refractivity contribution >= 4 is 11.8 Å². The Labute approximate surface area is 95.4 Å². The molecule has 4 heteroatoms. The molecule has 0 bridgehead atoms. The van der Waals surface area contributed by atoms with Gasteiger partial charge in [0.15, 0.2) is 0 Å². The monoisotopic (exact) mass is 222 g/mol. The summed E-state index contributed by atoms with van der Waals surface area (Å²) in [5.74, 6) is 0.309. The molecule has 2 heterocycles. The SMILES string of the molecule is O=C1C2CCCC2C(=O)N1C1CCNCC1. The molecule has 0 radical (unpaired) electrons. The highest BCUT2D eigenvalue weighted by Gasteiger charge is 2.51. The van der Waals surface area contributed by atoms with Crippen LogP contribution in [-0.2, 0) is 9.59 Å². The maximum absolute atomic E-state index is 12.2. The second-order valence-corrected chi connectivity index (χ2v) is 5.17. The summed E-state index contributed by atoms with van der Waals surface area (Å²) in [4.78, 5) is 26.0. The molecule has 0 spiro atoms. The van der Waals surface area contributed by atoms with Gasteiger partial charge in [-0.1, -0.05) is 6.42 Å². The molecule has 3 fully saturated rings. The van der Waals surface area contributed by atoms with E-state index in [1.807, 2.05) is 0 Å². The molecule has 88 valence electrons. The zero-order chi connectivity index (χ0) is 11.1. The molecule has 1 saturated carbocycles. The number of carbonyl (C=O) groups is 2. The predicted molar refractivity (Wildman–Crippen MR) is 58.6 cm³/mol. The summed E-state index contributed by atoms with van der Waals surface area (Å²) in [5, 5.41) is 3.27. The molecular formula is C12H18N2O2. The fourth-order valence-electron chi connectivity index (χ4n) is 3.44. The zero-order valence-corrected chi connectivity index (χ0v) is 9.45. The van der Waals surface area contributed by atoms with Crippen molar-refractivity contribution in [2.75, 3.05) is 13.1 Å². The standard InChI is InChI=1S/C12H18N2O2/c15-11-9-2-1-3-10(9)12(16)14(11)8-4-6-13-7-5-8/h8-10,13H,1-7H2. The number of carbonyl (C=O) groups excluding carboxylic acids is 2. The number of hydrogen-bond donors (Lipinski definition) is 1. The van der Waals surface area contributed by atoms with E-state index in [0.29, 0.717) is 0 Å². The average molecular weight is 222 g/mol. The molecule has 2 atom stereocenters. The van der Waals surface area contributed by atoms with E-state index in [-0.39, 0.29) is 29.7 Å². The fraction of sp³-hybridized carbons (Fsp3) is 0.833. The van der Waals surface area contributed by atoms with Gasteiger partial charge < -0.3 is 5.32 Å². The molecular weight excluding hydrogens is 204 g/mol. The van der Waals surface area contributed by atoms with Crippen LogP contribution in [0, 0.1) is 11.8 Å². The van der Waals surface area contributed by atoms with Gasteiger partial charge in [0.1, 0.15) is 0 Å². The Kier molecular flexibility index (Phi) is 2.46. The van der Waals surface area contributed by atoms with Gasteiger partial charge in [-0.25, -0.2) is 0 Å². The van der Waals surface area contributed by atoms with Crippen LogP contribution in [0.15, 0.2) is 0 Å². The Bertz CT molecular complexity index is 301. The third kappa shape index (κ3) is 1.39. The molecule has 2 unspecified atom stereocenters. The molecule has 4 nitrogen and oxygen atoms in total. The third-order valence-electron chi connectivity index (χ3n) is 4.30. The summed E-state index contributed by atoms with van der Waals surface area (Å²) in [5.41, 5.74) is 0. The normalized spacial score (nSPS) is 35.9. The van der Waals surface area contributed by atoms with Crippen molar-refractivity contribution in [3.63, 3.8) is 0 Å². The maximum Gasteiger partial charge on any atom is 0.233 e. The molecule has 2 amide bonds. The smallest absolute Gasteiger partial charge is 0.233 e. The van der Waals surface area contributed by atoms with Gasteiger partial charge in [-0.15, -0.1) is 0 Å². The first-order valence-electron chi connectivity index (χ1n) is 6.36. The molecule has 1 aliphatic carbocycles. The fourth-order valence-corrected chi connectivity index (χ4v) is 3.44. The molecule has 0 aromatic rings. The van der Waals surface area contributed by atoms with E-state index < -0.39 is 0 Å². The second-order valence-electron chi connectivity index (χ2n) is 5.17. The molecule has 2 saturated heterocycles. The van der Waals surface area contributed by atoms with Gasteiger partial charge in [0.2, 0.25) is 11.8 Å². The van der Waals surface area contributed by atoms with Crippen molar-refractivity contribution in [2.45, 2.75) is 38.1 Å². The number of piperidine rings is 1. The van der Waals surface area contributed by atoms with Crippen molar-refractivity contribution < 1.29 is 9.59 Å². The molecule has 3 aliphatic rings. The van der Waals surface area contributed by atoms with Crippen LogP contribution < -0.4 is 5.32 Å². The van der Waals surface area contributed by atoms with E-state index in [4.69, 9.17) is 0 Å². The van der Waals surface area contributed by atoms with Crippen molar-refractivity contribution in [3.05, 3.63) is 0 Å². The highest BCUT2D eigenvalue weighted by molar-refractivity contribution is 6.05. The summed E-state index contributed by atoms with van der Waals surface area (Å²) in [6, 6.07) is 0.173. The summed E-state index contributed by atoms with van der Waals surface area (Å²) in [7, 11) is 0. The second kappa shape index (κ2) is 3.84. The first-order valence-corrected chi connectivity index (χ1v) is 6.36. The van der Waals surface area contributed by atoms with Crippen LogP contribution in [-0.4, -0.2) is 35.8 Å². The number of rotatable bonds is 1. The molecule has 0 aromatic heterocycles. The number of fused-ring (bicyclic) bond motifs is 1. The lowest BCUT2D eigenvalue weighted by Gasteiger charge is -2.30. The number of likely N-dealkylation sites (tertiary alicyclic amines) is 1. The van der Waals surface area contributed by atoms with Gasteiger partial charge in [-0.05, 0) is 38.8 Å². The molecule has 16 heavy (non-hydrogen) atoms. The minimum Gasteiger partial charge on any atom is -0.317 e. The van der Waals surface area contributed by atoms with E-state index in [0.717, 1.165) is 45.2 Å². The molecule has 3 rings (SSSR count). The van der Waals surface area contributed by atoms with Crippen LogP contribution in [0.4, 0.5) is 0 Å². The number of nitrogens with one attached hydrogen (secondary N) is 1. The van der Waals surface area contributed by atoms with E-state index in [2.05, 4.69) is 5.32 Å². The zero-order valence-electron chi connectivity index (χ0n) is 9.45. The average Bonchev–Trinajstić information content (AvgIpc) is 2.86. The Morgan fingerprint density at radius 3 is 2.06 bits per heavy atom. The van der Waals surface area contributed by atoms with Gasteiger partial charge in [0.05, 0.1) is 11.8 Å². The lowest BCUT2D eigenvalue weighted by molar-refractivity contribution is -0.143. The molecule has 1 N–H and O–H groups in total. The maximum atomic E-state index is 12.2. The van der Waals surface area contributed by atoms with Crippen LogP contribution in [0.25, 0.3) is 0 Å². The van der Waals surface area contributed by atoms with E-state index in [1.54, 1.807) is 4.90 Å². The minimum atomic E-state index is 0.0300. The van der Waals surface area contributed by atoms with Crippen molar-refractivity contribution in [1.29, 1.82) is 0 Å². The predicted octanol–water partition coefficient (Wildman–Crippen LogP) is 0.524. The van der Waals surface area contributed by atoms with Crippen LogP contribution >= 0.6 is 0 Å². The minimum absolute atomic E-state index is 0.0300. The van der Waals surface area contributed by atoms with Crippen LogP contribution in [0.1, 0.15) is 32.1 Å². The van der Waals surface area contributed by atoms with Crippen LogP contribution in [0.2, 0.25) is 0 Å². The Morgan fingerprint density at radius 2 is 1.50 bits per heavy atom. The van der Waals surface area contributed by atoms with Crippen molar-refractivity contribution in [1.82, 2.24) is 10.2 Å². The largest absolute Gasteiger partial charge is 0.317 e. The lowest BCUT2D eigenvalue weighted by atomic mass is 10.00. The van der Waals surface area contributed by atoms with Crippen molar-refractivity contribution in [2.24, 2.45) is 11.8 Å². The van der Waals surface area contributed by atoms with E-state index in [9.17, 15) is 9.59 Å². The Balaban J connectivity index is 1.80. The van der Waals surface area contributed by atoms with Gasteiger partial charge in [-0.2, -0.15) is 0 Å². The molecule has 2 aliphatic heterocycles. The highest BCUT2D eigenvalue weighted by Crippen LogP contribution is 2.41. The number of imide groups is 1. The Hall–Kier alpha value is -0.900. The number of hydrogen-bond acceptors (Lipinski definition) is 3. The number of amides is 2. The lowest BCUT2D eigenvalue weighted by Crippen LogP contribution is -2.46. The van der Waals surface area contributed by atoms with Gasteiger partial charge in [0, 0.05) is 6.04 Å². The van der Waals surface area contributed by atoms with Crippen molar-refractivity contribution in [3.8, 4) is 0 Å². The topological polar surface area (TPSA) is 49.4 Å². The van der Waals surface area contributed by atoms with Crippen LogP contribution in [0.3, 0.4) is 0 Å². The summed E-state index contributed by atoms with van der Waals surface area (Å²) >= 11 is 0. The first-order chi connectivity index (χ1) is 7.79. The van der Waals surface area contributed by atoms with E-state index >= 15 is 0 Å². The highest BCUT2D eigenvalue weighted by atomic mass is 16.2. The quantitative estimate of drug-likeness (QED) is 0.658. The summed E-state index contributed by atoms with van der Waals surface area (Å²) in [6.07, 6.45) is 4.76. The first kappa shape index (κ1) is 10.3. The summed E-state index contributed by atoms with van der Waals surface area (Å²) < 4.78 is 0. The van der Waals surface area contributed by atoms with E-state index in [1.165, 1.54) is 0 Å². The third-order valence-corrected chi connectivity index (χ3v) is 4.30. The van der Waals surface area contributed by atoms with Gasteiger partial charge in [-0.3, -0.25) is 14.5 Å². The van der Waals surface area contributed by atoms with Crippen LogP contribution in [0.5, 0.6) is 0 Å². The molecule has 0 aromatic carbocycles. The summed E-state index contributed by atoms with van der Waals surface area (Å²) in [6.45, 7) is 1.86. The number of nitrogens with zero attached hydrogens (tertiary/aromatic N) is 1. The van der Waals surface area contributed by atoms with Gasteiger partial charge >= 0.3 is 0 Å².